The summed E-state index contributed by atoms with van der Waals surface area (Å²) in [5.74, 6) is 0.892. The van der Waals surface area contributed by atoms with Crippen LogP contribution in [-0.2, 0) is 16.0 Å². The van der Waals surface area contributed by atoms with Crippen LogP contribution >= 0.6 is 11.6 Å². The van der Waals surface area contributed by atoms with E-state index in [1.54, 1.807) is 13.1 Å². The average Bonchev–Trinajstić information content (AvgIpc) is 2.65. The van der Waals surface area contributed by atoms with Gasteiger partial charge in [-0.05, 0) is 31.5 Å². The Bertz CT molecular complexity index is 700. The molecule has 1 aromatic carbocycles. The van der Waals surface area contributed by atoms with E-state index in [0.29, 0.717) is 50.6 Å². The number of hydrogen-bond acceptors (Lipinski definition) is 3. The van der Waals surface area contributed by atoms with Crippen LogP contribution in [0.2, 0.25) is 5.02 Å². The fourth-order valence-electron chi connectivity index (χ4n) is 3.12. The Labute approximate surface area is 172 Å². The Morgan fingerprint density at radius 2 is 1.86 bits per heavy atom. The molecule has 0 saturated carbocycles. The van der Waals surface area contributed by atoms with Crippen molar-refractivity contribution < 1.29 is 9.59 Å². The molecule has 0 unspecified atom stereocenters. The molecule has 1 fully saturated rings. The monoisotopic (exact) mass is 407 g/mol. The number of carbonyl (C=O) groups excluding carboxylic acids is 2. The van der Waals surface area contributed by atoms with E-state index in [1.807, 2.05) is 36.9 Å². The lowest BCUT2D eigenvalue weighted by atomic mass is 10.1. The molecule has 1 saturated heterocycles. The van der Waals surface area contributed by atoms with Crippen LogP contribution in [-0.4, -0.2) is 73.4 Å². The molecule has 0 spiro atoms. The molecule has 154 valence electrons. The topological polar surface area (TPSA) is 77.0 Å². The van der Waals surface area contributed by atoms with Gasteiger partial charge in [-0.25, -0.2) is 0 Å². The van der Waals surface area contributed by atoms with E-state index >= 15 is 0 Å². The lowest BCUT2D eigenvalue weighted by Gasteiger charge is -2.36. The molecule has 0 atom stereocenters. The van der Waals surface area contributed by atoms with Crippen molar-refractivity contribution in [2.45, 2.75) is 32.7 Å². The van der Waals surface area contributed by atoms with Crippen molar-refractivity contribution in [2.75, 3.05) is 39.8 Å². The molecule has 7 nitrogen and oxygen atoms in total. The van der Waals surface area contributed by atoms with Gasteiger partial charge in [0.05, 0.1) is 6.42 Å². The second-order valence-electron chi connectivity index (χ2n) is 7.12. The second-order valence-corrected chi connectivity index (χ2v) is 7.56. The number of aliphatic imine (C=N–C) groups is 1. The van der Waals surface area contributed by atoms with E-state index in [2.05, 4.69) is 20.5 Å². The van der Waals surface area contributed by atoms with Crippen LogP contribution < -0.4 is 10.6 Å². The smallest absolute Gasteiger partial charge is 0.227 e. The molecule has 1 aliphatic rings. The second kappa shape index (κ2) is 10.9. The number of benzene rings is 1. The van der Waals surface area contributed by atoms with Crippen LogP contribution in [0.4, 0.5) is 0 Å². The quantitative estimate of drug-likeness (QED) is 0.553. The SMILES string of the molecule is CN=C(NCCC(=O)NC(C)C)N1CCN(C(=O)Cc2cccc(Cl)c2)CC1. The molecule has 0 aliphatic carbocycles. The minimum atomic E-state index is 0.0226. The average molecular weight is 408 g/mol. The highest BCUT2D eigenvalue weighted by molar-refractivity contribution is 6.30. The van der Waals surface area contributed by atoms with E-state index in [4.69, 9.17) is 11.6 Å². The predicted octanol–water partition coefficient (Wildman–Crippen LogP) is 1.52. The molecule has 0 radical (unpaired) electrons. The normalized spacial score (nSPS) is 15.0. The van der Waals surface area contributed by atoms with E-state index in [1.165, 1.54) is 0 Å². The Morgan fingerprint density at radius 3 is 2.46 bits per heavy atom. The molecule has 1 heterocycles. The first-order valence-electron chi connectivity index (χ1n) is 9.66. The zero-order valence-corrected chi connectivity index (χ0v) is 17.6. The highest BCUT2D eigenvalue weighted by Gasteiger charge is 2.23. The Balaban J connectivity index is 1.76. The largest absolute Gasteiger partial charge is 0.356 e. The number of carbonyl (C=O) groups is 2. The minimum Gasteiger partial charge on any atom is -0.356 e. The molecule has 2 N–H and O–H groups in total. The van der Waals surface area contributed by atoms with Crippen molar-refractivity contribution in [3.05, 3.63) is 34.9 Å². The number of piperazine rings is 1. The molecule has 0 aromatic heterocycles. The summed E-state index contributed by atoms with van der Waals surface area (Å²) in [6, 6.07) is 7.56. The molecule has 2 rings (SSSR count). The first kappa shape index (κ1) is 22.0. The van der Waals surface area contributed by atoms with Crippen molar-refractivity contribution in [3.8, 4) is 0 Å². The van der Waals surface area contributed by atoms with E-state index in [-0.39, 0.29) is 17.9 Å². The highest BCUT2D eigenvalue weighted by atomic mass is 35.5. The Kier molecular flexibility index (Phi) is 8.57. The van der Waals surface area contributed by atoms with Crippen molar-refractivity contribution in [1.82, 2.24) is 20.4 Å². The zero-order valence-electron chi connectivity index (χ0n) is 16.9. The maximum atomic E-state index is 12.5. The molecule has 8 heteroatoms. The van der Waals surface area contributed by atoms with Gasteiger partial charge in [-0.15, -0.1) is 0 Å². The lowest BCUT2D eigenvalue weighted by molar-refractivity contribution is -0.131. The summed E-state index contributed by atoms with van der Waals surface area (Å²) in [7, 11) is 1.73. The summed E-state index contributed by atoms with van der Waals surface area (Å²) in [4.78, 5) is 32.6. The lowest BCUT2D eigenvalue weighted by Crippen LogP contribution is -2.54. The maximum Gasteiger partial charge on any atom is 0.227 e. The number of halogens is 1. The first-order chi connectivity index (χ1) is 13.4. The predicted molar refractivity (Wildman–Crippen MR) is 113 cm³/mol. The van der Waals surface area contributed by atoms with Gasteiger partial charge in [0, 0.05) is 57.3 Å². The van der Waals surface area contributed by atoms with Crippen LogP contribution in [0.3, 0.4) is 0 Å². The summed E-state index contributed by atoms with van der Waals surface area (Å²) in [5.41, 5.74) is 0.928. The molecule has 0 bridgehead atoms. The first-order valence-corrected chi connectivity index (χ1v) is 10.0. The summed E-state index contributed by atoms with van der Waals surface area (Å²) in [5, 5.41) is 6.75. The summed E-state index contributed by atoms with van der Waals surface area (Å²) in [6.45, 7) is 7.12. The van der Waals surface area contributed by atoms with Crippen LogP contribution in [0.5, 0.6) is 0 Å². The van der Waals surface area contributed by atoms with E-state index in [9.17, 15) is 9.59 Å². The van der Waals surface area contributed by atoms with Gasteiger partial charge in [0.25, 0.3) is 0 Å². The van der Waals surface area contributed by atoms with Gasteiger partial charge in [0.15, 0.2) is 5.96 Å². The van der Waals surface area contributed by atoms with Crippen molar-refractivity contribution in [2.24, 2.45) is 4.99 Å². The van der Waals surface area contributed by atoms with Gasteiger partial charge in [-0.1, -0.05) is 23.7 Å². The summed E-state index contributed by atoms with van der Waals surface area (Å²) in [6.07, 6.45) is 0.758. The van der Waals surface area contributed by atoms with Gasteiger partial charge in [-0.3, -0.25) is 14.6 Å². The molecule has 1 aliphatic heterocycles. The van der Waals surface area contributed by atoms with Crippen LogP contribution in [0.1, 0.15) is 25.8 Å². The molecule has 28 heavy (non-hydrogen) atoms. The minimum absolute atomic E-state index is 0.0226. The fourth-order valence-corrected chi connectivity index (χ4v) is 3.33. The molecule has 2 amide bonds. The zero-order chi connectivity index (χ0) is 20.5. The Morgan fingerprint density at radius 1 is 1.18 bits per heavy atom. The van der Waals surface area contributed by atoms with Gasteiger partial charge in [0.1, 0.15) is 0 Å². The molecule has 1 aromatic rings. The van der Waals surface area contributed by atoms with Gasteiger partial charge >= 0.3 is 0 Å². The number of hydrogen-bond donors (Lipinski definition) is 2. The third-order valence-electron chi connectivity index (χ3n) is 4.47. The summed E-state index contributed by atoms with van der Waals surface area (Å²) < 4.78 is 0. The van der Waals surface area contributed by atoms with Crippen molar-refractivity contribution in [1.29, 1.82) is 0 Å². The van der Waals surface area contributed by atoms with Gasteiger partial charge < -0.3 is 20.4 Å². The van der Waals surface area contributed by atoms with E-state index < -0.39 is 0 Å². The van der Waals surface area contributed by atoms with Gasteiger partial charge in [0.2, 0.25) is 11.8 Å². The number of nitrogens with zero attached hydrogens (tertiary/aromatic N) is 3. The molecular formula is C20H30ClN5O2. The van der Waals surface area contributed by atoms with E-state index in [0.717, 1.165) is 11.5 Å². The highest BCUT2D eigenvalue weighted by Crippen LogP contribution is 2.13. The maximum absolute atomic E-state index is 12.5. The third-order valence-corrected chi connectivity index (χ3v) is 4.71. The number of amides is 2. The number of nitrogens with one attached hydrogen (secondary N) is 2. The fraction of sp³-hybridized carbons (Fsp3) is 0.550. The van der Waals surface area contributed by atoms with Crippen LogP contribution in [0, 0.1) is 0 Å². The van der Waals surface area contributed by atoms with Crippen LogP contribution in [0.25, 0.3) is 0 Å². The number of rotatable bonds is 6. The molecular weight excluding hydrogens is 378 g/mol. The number of guanidine groups is 1. The Hall–Kier alpha value is -2.28. The van der Waals surface area contributed by atoms with Crippen molar-refractivity contribution in [3.63, 3.8) is 0 Å². The summed E-state index contributed by atoms with van der Waals surface area (Å²) >= 11 is 5.99. The van der Waals surface area contributed by atoms with Crippen molar-refractivity contribution >= 4 is 29.4 Å². The standard InChI is InChI=1S/C20H30ClN5O2/c1-15(2)24-18(27)7-8-23-20(22-3)26-11-9-25(10-12-26)19(28)14-16-5-4-6-17(21)13-16/h4-6,13,15H,7-12,14H2,1-3H3,(H,22,23)(H,24,27). The van der Waals surface area contributed by atoms with Crippen LogP contribution in [0.15, 0.2) is 29.3 Å². The van der Waals surface area contributed by atoms with Gasteiger partial charge in [-0.2, -0.15) is 0 Å². The third kappa shape index (κ3) is 7.03.